The van der Waals surface area contributed by atoms with Crippen LogP contribution < -0.4 is 0 Å². The Bertz CT molecular complexity index is 373. The lowest BCUT2D eigenvalue weighted by atomic mass is 10.1. The van der Waals surface area contributed by atoms with E-state index in [9.17, 15) is 0 Å². The molecular weight excluding hydrogens is 264 g/mol. The van der Waals surface area contributed by atoms with Gasteiger partial charge in [-0.2, -0.15) is 0 Å². The van der Waals surface area contributed by atoms with Crippen molar-refractivity contribution in [3.05, 3.63) is 67.0 Å². The molecule has 0 aliphatic carbocycles. The van der Waals surface area contributed by atoms with Crippen LogP contribution in [-0.2, 0) is 0 Å². The van der Waals surface area contributed by atoms with E-state index >= 15 is 0 Å². The lowest BCUT2D eigenvalue weighted by molar-refractivity contribution is 0.577. The van der Waals surface area contributed by atoms with Crippen molar-refractivity contribution in [3.8, 4) is 0 Å². The minimum Gasteiger partial charge on any atom is -0.125 e. The summed E-state index contributed by atoms with van der Waals surface area (Å²) in [5.74, 6) is 0. The number of allylic oxidation sites excluding steroid dienone is 8. The van der Waals surface area contributed by atoms with Gasteiger partial charge in [-0.05, 0) is 31.4 Å². The first kappa shape index (κ1) is 20.5. The topological polar surface area (TPSA) is 0 Å². The molecule has 0 aromatic rings. The number of unbranched alkanes of at least 4 members (excludes halogenated alkanes) is 8. The monoisotopic (exact) mass is 298 g/mol. The van der Waals surface area contributed by atoms with Crippen LogP contribution in [0.5, 0.6) is 0 Å². The molecule has 0 radical (unpaired) electrons. The summed E-state index contributed by atoms with van der Waals surface area (Å²) in [5.41, 5.74) is 3.03. The van der Waals surface area contributed by atoms with Gasteiger partial charge in [-0.1, -0.05) is 101 Å². The van der Waals surface area contributed by atoms with Gasteiger partial charge in [0.05, 0.1) is 0 Å². The molecule has 0 aliphatic heterocycles. The fourth-order valence-electron chi connectivity index (χ4n) is 2.13. The first-order valence-electron chi connectivity index (χ1n) is 8.92. The van der Waals surface area contributed by atoms with Gasteiger partial charge in [-0.25, -0.2) is 0 Å². The molecule has 122 valence electrons. The van der Waals surface area contributed by atoms with Gasteiger partial charge in [0.2, 0.25) is 0 Å². The van der Waals surface area contributed by atoms with Crippen LogP contribution in [0.15, 0.2) is 67.0 Å². The molecule has 0 atom stereocenters. The molecule has 0 heteroatoms. The molecule has 0 spiro atoms. The molecule has 0 heterocycles. The SMILES string of the molecule is C=CC=C=CC/C=C/C=C/C=C/CCCCCCCCCC. The summed E-state index contributed by atoms with van der Waals surface area (Å²) in [5, 5.41) is 0. The van der Waals surface area contributed by atoms with Gasteiger partial charge in [0.1, 0.15) is 0 Å². The molecule has 0 saturated heterocycles. The largest absolute Gasteiger partial charge is 0.125 e. The zero-order valence-electron chi connectivity index (χ0n) is 14.5. The molecule has 0 aromatic carbocycles. The van der Waals surface area contributed by atoms with Crippen LogP contribution in [0.4, 0.5) is 0 Å². The zero-order chi connectivity index (χ0) is 16.1. The molecule has 0 bridgehead atoms. The molecule has 0 fully saturated rings. The first-order chi connectivity index (χ1) is 10.9. The maximum atomic E-state index is 3.60. The Morgan fingerprint density at radius 2 is 1.41 bits per heavy atom. The second-order valence-electron chi connectivity index (χ2n) is 5.51. The van der Waals surface area contributed by atoms with E-state index in [0.717, 1.165) is 6.42 Å². The maximum absolute atomic E-state index is 3.60. The van der Waals surface area contributed by atoms with Crippen molar-refractivity contribution in [1.29, 1.82) is 0 Å². The van der Waals surface area contributed by atoms with Crippen molar-refractivity contribution < 1.29 is 0 Å². The summed E-state index contributed by atoms with van der Waals surface area (Å²) < 4.78 is 0. The minimum atomic E-state index is 0.913. The Balaban J connectivity index is 3.39. The molecule has 0 N–H and O–H groups in total. The van der Waals surface area contributed by atoms with Crippen molar-refractivity contribution in [2.24, 2.45) is 0 Å². The molecule has 0 unspecified atom stereocenters. The summed E-state index contributed by atoms with van der Waals surface area (Å²) in [6.07, 6.45) is 31.6. The fraction of sp³-hybridized carbons (Fsp3) is 0.500. The van der Waals surface area contributed by atoms with Crippen LogP contribution in [-0.4, -0.2) is 0 Å². The van der Waals surface area contributed by atoms with E-state index in [4.69, 9.17) is 0 Å². The fourth-order valence-corrected chi connectivity index (χ4v) is 2.13. The summed E-state index contributed by atoms with van der Waals surface area (Å²) in [6.45, 7) is 5.87. The first-order valence-corrected chi connectivity index (χ1v) is 8.92. The predicted octanol–water partition coefficient (Wildman–Crippen LogP) is 7.47. The average molecular weight is 299 g/mol. The van der Waals surface area contributed by atoms with Crippen LogP contribution in [0, 0.1) is 0 Å². The number of rotatable bonds is 14. The van der Waals surface area contributed by atoms with E-state index in [2.05, 4.69) is 55.7 Å². The molecule has 0 aliphatic rings. The number of hydrogen-bond acceptors (Lipinski definition) is 0. The average Bonchev–Trinajstić information content (AvgIpc) is 2.54. The van der Waals surface area contributed by atoms with E-state index < -0.39 is 0 Å². The summed E-state index contributed by atoms with van der Waals surface area (Å²) >= 11 is 0. The highest BCUT2D eigenvalue weighted by Gasteiger charge is 1.89. The van der Waals surface area contributed by atoms with Crippen LogP contribution in [0.1, 0.15) is 71.1 Å². The third-order valence-electron chi connectivity index (χ3n) is 3.42. The standard InChI is InChI=1S/C22H34/c1-3-5-7-9-11-13-15-17-19-21-22-20-18-16-14-12-10-8-6-4-2/h3,5,9,13,15,17,19,21-22H,1,4,6,8,10-12,14,16,18,20H2,2H3/b15-13+,19-17+,22-21+. The molecule has 0 nitrogen and oxygen atoms in total. The Hall–Kier alpha value is -1.52. The zero-order valence-corrected chi connectivity index (χ0v) is 14.5. The van der Waals surface area contributed by atoms with Gasteiger partial charge in [0.15, 0.2) is 0 Å². The van der Waals surface area contributed by atoms with E-state index in [1.807, 2.05) is 12.2 Å². The van der Waals surface area contributed by atoms with Crippen LogP contribution in [0.25, 0.3) is 0 Å². The second-order valence-corrected chi connectivity index (χ2v) is 5.51. The minimum absolute atomic E-state index is 0.913. The smallest absolute Gasteiger partial charge is 0.00898 e. The lowest BCUT2D eigenvalue weighted by Crippen LogP contribution is -1.79. The third-order valence-corrected chi connectivity index (χ3v) is 3.42. The Morgan fingerprint density at radius 3 is 2.09 bits per heavy atom. The van der Waals surface area contributed by atoms with Crippen molar-refractivity contribution in [3.63, 3.8) is 0 Å². The van der Waals surface area contributed by atoms with E-state index in [1.54, 1.807) is 6.08 Å². The summed E-state index contributed by atoms with van der Waals surface area (Å²) in [4.78, 5) is 0. The van der Waals surface area contributed by atoms with Crippen molar-refractivity contribution in [2.75, 3.05) is 0 Å². The molecule has 0 rings (SSSR count). The van der Waals surface area contributed by atoms with Gasteiger partial charge in [-0.15, -0.1) is 5.73 Å². The van der Waals surface area contributed by atoms with Gasteiger partial charge < -0.3 is 0 Å². The molecule has 0 saturated carbocycles. The molecular formula is C22H34. The second kappa shape index (κ2) is 19.5. The van der Waals surface area contributed by atoms with Gasteiger partial charge in [0, 0.05) is 0 Å². The quantitative estimate of drug-likeness (QED) is 0.177. The highest BCUT2D eigenvalue weighted by Crippen LogP contribution is 2.09. The Morgan fingerprint density at radius 1 is 0.773 bits per heavy atom. The number of hydrogen-bond donors (Lipinski definition) is 0. The van der Waals surface area contributed by atoms with E-state index in [0.29, 0.717) is 0 Å². The molecule has 0 aromatic heterocycles. The Labute approximate surface area is 138 Å². The third kappa shape index (κ3) is 18.5. The molecule has 22 heavy (non-hydrogen) atoms. The summed E-state index contributed by atoms with van der Waals surface area (Å²) in [7, 11) is 0. The van der Waals surface area contributed by atoms with Gasteiger partial charge in [0.25, 0.3) is 0 Å². The van der Waals surface area contributed by atoms with Gasteiger partial charge in [-0.3, -0.25) is 0 Å². The van der Waals surface area contributed by atoms with Crippen molar-refractivity contribution in [2.45, 2.75) is 71.1 Å². The predicted molar refractivity (Wildman–Crippen MR) is 102 cm³/mol. The molecule has 0 amide bonds. The van der Waals surface area contributed by atoms with E-state index in [-0.39, 0.29) is 0 Å². The van der Waals surface area contributed by atoms with Crippen molar-refractivity contribution >= 4 is 0 Å². The summed E-state index contributed by atoms with van der Waals surface area (Å²) in [6, 6.07) is 0. The van der Waals surface area contributed by atoms with Gasteiger partial charge >= 0.3 is 0 Å². The van der Waals surface area contributed by atoms with Crippen LogP contribution in [0.2, 0.25) is 0 Å². The highest BCUT2D eigenvalue weighted by atomic mass is 14.0. The van der Waals surface area contributed by atoms with Crippen LogP contribution in [0.3, 0.4) is 0 Å². The van der Waals surface area contributed by atoms with Crippen LogP contribution >= 0.6 is 0 Å². The normalized spacial score (nSPS) is 11.3. The highest BCUT2D eigenvalue weighted by molar-refractivity contribution is 5.12. The Kier molecular flexibility index (Phi) is 18.1. The van der Waals surface area contributed by atoms with E-state index in [1.165, 1.54) is 57.8 Å². The lowest BCUT2D eigenvalue weighted by Gasteiger charge is -1.99. The van der Waals surface area contributed by atoms with Crippen molar-refractivity contribution in [1.82, 2.24) is 0 Å². The maximum Gasteiger partial charge on any atom is -0.00898 e.